The second-order valence-corrected chi connectivity index (χ2v) is 4.46. The molecule has 0 saturated carbocycles. The van der Waals surface area contributed by atoms with Crippen molar-refractivity contribution in [3.8, 4) is 5.75 Å². The van der Waals surface area contributed by atoms with Gasteiger partial charge in [0, 0.05) is 18.7 Å². The van der Waals surface area contributed by atoms with E-state index >= 15 is 0 Å². The number of hydrogen-bond acceptors (Lipinski definition) is 3. The largest absolute Gasteiger partial charge is 0.493 e. The summed E-state index contributed by atoms with van der Waals surface area (Å²) in [6.07, 6.45) is 2.49. The van der Waals surface area contributed by atoms with Crippen LogP contribution in [0.15, 0.2) is 12.1 Å². The van der Waals surface area contributed by atoms with Gasteiger partial charge in [0.15, 0.2) is 5.75 Å². The third kappa shape index (κ3) is 2.31. The van der Waals surface area contributed by atoms with Crippen LogP contribution in [0, 0.1) is 0 Å². The van der Waals surface area contributed by atoms with Gasteiger partial charge in [-0.05, 0) is 25.0 Å². The Morgan fingerprint density at radius 1 is 1.41 bits per heavy atom. The molecule has 0 unspecified atom stereocenters. The minimum Gasteiger partial charge on any atom is -0.493 e. The normalized spacial score (nSPS) is 16.1. The number of rotatable bonds is 2. The minimum atomic E-state index is 0.0937. The van der Waals surface area contributed by atoms with Gasteiger partial charge in [0.2, 0.25) is 5.91 Å². The van der Waals surface area contributed by atoms with Gasteiger partial charge in [-0.15, -0.1) is 0 Å². The van der Waals surface area contributed by atoms with E-state index < -0.39 is 0 Å². The van der Waals surface area contributed by atoms with Crippen LogP contribution in [0.2, 0.25) is 5.02 Å². The summed E-state index contributed by atoms with van der Waals surface area (Å²) in [6, 6.07) is 3.35. The van der Waals surface area contributed by atoms with E-state index in [0.717, 1.165) is 12.8 Å². The molecule has 17 heavy (non-hydrogen) atoms. The van der Waals surface area contributed by atoms with E-state index in [9.17, 15) is 4.79 Å². The van der Waals surface area contributed by atoms with Gasteiger partial charge >= 0.3 is 0 Å². The molecule has 1 aromatic rings. The highest BCUT2D eigenvalue weighted by molar-refractivity contribution is 6.33. The molecule has 0 aliphatic carbocycles. The number of amides is 1. The highest BCUT2D eigenvalue weighted by Crippen LogP contribution is 2.38. The van der Waals surface area contributed by atoms with Crippen LogP contribution in [0.5, 0.6) is 5.75 Å². The van der Waals surface area contributed by atoms with Crippen molar-refractivity contribution in [2.24, 2.45) is 0 Å². The number of carbonyl (C=O) groups excluding carboxylic acids is 1. The molecule has 2 rings (SSSR count). The molecule has 1 amide bonds. The van der Waals surface area contributed by atoms with Crippen molar-refractivity contribution < 1.29 is 9.53 Å². The van der Waals surface area contributed by atoms with E-state index in [1.807, 2.05) is 0 Å². The molecule has 1 heterocycles. The fraction of sp³-hybridized carbons (Fsp3) is 0.417. The molecule has 0 atom stereocenters. The highest BCUT2D eigenvalue weighted by Gasteiger charge is 2.24. The van der Waals surface area contributed by atoms with Crippen molar-refractivity contribution in [2.75, 3.05) is 24.3 Å². The number of halogens is 1. The maximum Gasteiger partial charge on any atom is 0.227 e. The average Bonchev–Trinajstić information content (AvgIpc) is 2.28. The van der Waals surface area contributed by atoms with Crippen LogP contribution in [0.25, 0.3) is 0 Å². The van der Waals surface area contributed by atoms with Gasteiger partial charge in [-0.2, -0.15) is 0 Å². The maximum atomic E-state index is 11.9. The molecule has 1 saturated heterocycles. The van der Waals surface area contributed by atoms with Gasteiger partial charge in [-0.1, -0.05) is 11.6 Å². The molecule has 2 N–H and O–H groups in total. The third-order valence-electron chi connectivity index (χ3n) is 2.86. The number of piperidine rings is 1. The Labute approximate surface area is 105 Å². The van der Waals surface area contributed by atoms with Crippen LogP contribution < -0.4 is 15.4 Å². The predicted octanol–water partition coefficient (Wildman–Crippen LogP) is 2.45. The van der Waals surface area contributed by atoms with Crippen molar-refractivity contribution in [3.05, 3.63) is 17.2 Å². The van der Waals surface area contributed by atoms with Gasteiger partial charge in [0.05, 0.1) is 17.8 Å². The lowest BCUT2D eigenvalue weighted by molar-refractivity contribution is -0.119. The lowest BCUT2D eigenvalue weighted by Gasteiger charge is -2.28. The molecule has 1 aromatic carbocycles. The zero-order valence-corrected chi connectivity index (χ0v) is 10.5. The molecule has 4 nitrogen and oxygen atoms in total. The van der Waals surface area contributed by atoms with Gasteiger partial charge in [0.25, 0.3) is 0 Å². The quantitative estimate of drug-likeness (QED) is 0.825. The summed E-state index contributed by atoms with van der Waals surface area (Å²) in [7, 11) is 1.54. The number of anilines is 2. The van der Waals surface area contributed by atoms with Crippen LogP contribution >= 0.6 is 11.6 Å². The van der Waals surface area contributed by atoms with Crippen molar-refractivity contribution in [3.63, 3.8) is 0 Å². The Hall–Kier alpha value is -1.42. The number of nitrogens with zero attached hydrogens (tertiary/aromatic N) is 1. The lowest BCUT2D eigenvalue weighted by atomic mass is 10.1. The summed E-state index contributed by atoms with van der Waals surface area (Å²) in [5, 5.41) is 0.431. The number of nitrogen functional groups attached to an aromatic ring is 1. The second kappa shape index (κ2) is 4.84. The number of nitrogens with two attached hydrogens (primary N) is 1. The molecule has 0 radical (unpaired) electrons. The summed E-state index contributed by atoms with van der Waals surface area (Å²) >= 11 is 6.06. The van der Waals surface area contributed by atoms with Crippen molar-refractivity contribution in [2.45, 2.75) is 19.3 Å². The van der Waals surface area contributed by atoms with Gasteiger partial charge in [-0.3, -0.25) is 4.79 Å². The highest BCUT2D eigenvalue weighted by atomic mass is 35.5. The van der Waals surface area contributed by atoms with Crippen LogP contribution in [-0.4, -0.2) is 19.6 Å². The van der Waals surface area contributed by atoms with E-state index in [1.54, 1.807) is 17.0 Å². The third-order valence-corrected chi connectivity index (χ3v) is 3.15. The Kier molecular flexibility index (Phi) is 3.43. The number of ether oxygens (including phenoxy) is 1. The Morgan fingerprint density at radius 3 is 2.82 bits per heavy atom. The molecule has 1 fully saturated rings. The maximum absolute atomic E-state index is 11.9. The van der Waals surface area contributed by atoms with E-state index in [1.165, 1.54) is 7.11 Å². The molecule has 1 aliphatic heterocycles. The number of carbonyl (C=O) groups is 1. The number of hydrogen-bond donors (Lipinski definition) is 1. The second-order valence-electron chi connectivity index (χ2n) is 4.06. The standard InChI is InChI=1S/C12H15ClN2O2/c1-17-12-9(13)6-8(14)7-10(12)15-5-3-2-4-11(15)16/h6-7H,2-5,14H2,1H3. The molecular weight excluding hydrogens is 240 g/mol. The van der Waals surface area contributed by atoms with Crippen molar-refractivity contribution in [1.82, 2.24) is 0 Å². The van der Waals surface area contributed by atoms with Crippen LogP contribution in [0.3, 0.4) is 0 Å². The Morgan fingerprint density at radius 2 is 2.18 bits per heavy atom. The molecule has 92 valence electrons. The number of methoxy groups -OCH3 is 1. The zero-order valence-electron chi connectivity index (χ0n) is 9.70. The van der Waals surface area contributed by atoms with E-state index in [2.05, 4.69) is 0 Å². The smallest absolute Gasteiger partial charge is 0.227 e. The SMILES string of the molecule is COc1c(Cl)cc(N)cc1N1CCCCC1=O. The monoisotopic (exact) mass is 254 g/mol. The first-order valence-corrected chi connectivity index (χ1v) is 5.94. The van der Waals surface area contributed by atoms with Crippen molar-refractivity contribution in [1.29, 1.82) is 0 Å². The predicted molar refractivity (Wildman–Crippen MR) is 68.6 cm³/mol. The van der Waals surface area contributed by atoms with Crippen LogP contribution in [0.4, 0.5) is 11.4 Å². The summed E-state index contributed by atoms with van der Waals surface area (Å²) in [6.45, 7) is 0.689. The number of benzene rings is 1. The Bertz CT molecular complexity index is 448. The lowest BCUT2D eigenvalue weighted by Crippen LogP contribution is -2.35. The topological polar surface area (TPSA) is 55.6 Å². The molecule has 0 bridgehead atoms. The fourth-order valence-electron chi connectivity index (χ4n) is 2.06. The van der Waals surface area contributed by atoms with Crippen LogP contribution in [-0.2, 0) is 4.79 Å². The van der Waals surface area contributed by atoms with Crippen LogP contribution in [0.1, 0.15) is 19.3 Å². The molecule has 5 heteroatoms. The van der Waals surface area contributed by atoms with E-state index in [-0.39, 0.29) is 5.91 Å². The first kappa shape index (κ1) is 12.0. The van der Waals surface area contributed by atoms with E-state index in [4.69, 9.17) is 22.1 Å². The molecule has 0 aromatic heterocycles. The summed E-state index contributed by atoms with van der Waals surface area (Å²) in [4.78, 5) is 13.6. The fourth-order valence-corrected chi connectivity index (χ4v) is 2.36. The zero-order chi connectivity index (χ0) is 12.4. The van der Waals surface area contributed by atoms with Gasteiger partial charge in [-0.25, -0.2) is 0 Å². The van der Waals surface area contributed by atoms with Gasteiger partial charge < -0.3 is 15.4 Å². The first-order chi connectivity index (χ1) is 8.13. The van der Waals surface area contributed by atoms with Gasteiger partial charge in [0.1, 0.15) is 0 Å². The van der Waals surface area contributed by atoms with E-state index in [0.29, 0.717) is 35.1 Å². The summed E-state index contributed by atoms with van der Waals surface area (Å²) < 4.78 is 5.25. The first-order valence-electron chi connectivity index (χ1n) is 5.57. The molecule has 1 aliphatic rings. The summed E-state index contributed by atoms with van der Waals surface area (Å²) in [5.74, 6) is 0.604. The Balaban J connectivity index is 2.45. The molecule has 0 spiro atoms. The minimum absolute atomic E-state index is 0.0937. The summed E-state index contributed by atoms with van der Waals surface area (Å²) in [5.41, 5.74) is 6.96. The van der Waals surface area contributed by atoms with Crippen molar-refractivity contribution >= 4 is 28.9 Å². The average molecular weight is 255 g/mol. The molecular formula is C12H15ClN2O2.